The number of sulfonamides is 1. The first kappa shape index (κ1) is 30.4. The molecule has 1 N–H and O–H groups in total. The molecule has 0 saturated carbocycles. The monoisotopic (exact) mass is 551 g/mol. The van der Waals surface area contributed by atoms with Crippen molar-refractivity contribution in [1.82, 2.24) is 10.2 Å². The van der Waals surface area contributed by atoms with Crippen LogP contribution in [0.25, 0.3) is 0 Å². The maximum atomic E-state index is 13.5. The van der Waals surface area contributed by atoms with E-state index in [0.29, 0.717) is 22.9 Å². The molecule has 1 atom stereocenters. The fraction of sp³-hybridized carbons (Fsp3) is 0.481. The molecule has 2 aromatic carbocycles. The Bertz CT molecular complexity index is 1160. The van der Waals surface area contributed by atoms with Crippen molar-refractivity contribution in [3.63, 3.8) is 0 Å². The van der Waals surface area contributed by atoms with E-state index in [1.807, 2.05) is 52.0 Å². The first-order valence-corrected chi connectivity index (χ1v) is 14.5. The zero-order chi connectivity index (χ0) is 27.8. The van der Waals surface area contributed by atoms with Gasteiger partial charge in [-0.25, -0.2) is 8.42 Å². The highest BCUT2D eigenvalue weighted by molar-refractivity contribution is 7.92. The van der Waals surface area contributed by atoms with E-state index in [1.165, 1.54) is 4.31 Å². The number of nitrogens with zero attached hydrogens (tertiary/aromatic N) is 2. The molecule has 0 fully saturated rings. The quantitative estimate of drug-likeness (QED) is 0.415. The van der Waals surface area contributed by atoms with E-state index in [4.69, 9.17) is 16.3 Å². The Kier molecular flexibility index (Phi) is 10.8. The number of methoxy groups -OCH3 is 1. The number of ether oxygens (including phenoxy) is 1. The summed E-state index contributed by atoms with van der Waals surface area (Å²) in [7, 11) is -2.01. The summed E-state index contributed by atoms with van der Waals surface area (Å²) in [6.07, 6.45) is 1.90. The molecule has 0 saturated heterocycles. The fourth-order valence-corrected chi connectivity index (χ4v) is 5.08. The average Bonchev–Trinajstić information content (AvgIpc) is 2.80. The first-order chi connectivity index (χ1) is 17.2. The summed E-state index contributed by atoms with van der Waals surface area (Å²) >= 11 is 6.06. The number of hydrogen-bond acceptors (Lipinski definition) is 5. The summed E-state index contributed by atoms with van der Waals surface area (Å²) in [5.41, 5.74) is 0.841. The standard InChI is InChI=1S/C27H38ClN3O5S/c1-7-24(26(33)29-27(2,3)4)30(19-20-13-15-23(36-5)16-14-20)25(32)12-9-17-31(37(6,34)35)22-11-8-10-21(28)18-22/h8,10-11,13-16,18,24H,7,9,12,17,19H2,1-6H3,(H,29,33)/t24-/m0/s1. The summed E-state index contributed by atoms with van der Waals surface area (Å²) in [6.45, 7) is 7.88. The maximum absolute atomic E-state index is 13.5. The van der Waals surface area contributed by atoms with E-state index >= 15 is 0 Å². The second-order valence-corrected chi connectivity index (χ2v) is 12.3. The topological polar surface area (TPSA) is 96.0 Å². The van der Waals surface area contributed by atoms with Crippen LogP contribution in [0, 0.1) is 0 Å². The average molecular weight is 552 g/mol. The summed E-state index contributed by atoms with van der Waals surface area (Å²) < 4.78 is 31.4. The second kappa shape index (κ2) is 13.1. The summed E-state index contributed by atoms with van der Waals surface area (Å²) in [4.78, 5) is 28.2. The van der Waals surface area contributed by atoms with Gasteiger partial charge in [0, 0.05) is 30.1 Å². The van der Waals surface area contributed by atoms with Crippen LogP contribution in [0.3, 0.4) is 0 Å². The Balaban J connectivity index is 2.24. The molecule has 0 heterocycles. The molecule has 204 valence electrons. The van der Waals surface area contributed by atoms with E-state index in [9.17, 15) is 18.0 Å². The van der Waals surface area contributed by atoms with Gasteiger partial charge in [0.05, 0.1) is 19.1 Å². The van der Waals surface area contributed by atoms with Gasteiger partial charge in [-0.2, -0.15) is 0 Å². The minimum Gasteiger partial charge on any atom is -0.497 e. The fourth-order valence-electron chi connectivity index (χ4n) is 3.94. The van der Waals surface area contributed by atoms with Crippen molar-refractivity contribution in [2.75, 3.05) is 24.2 Å². The summed E-state index contributed by atoms with van der Waals surface area (Å²) in [5.74, 6) is 0.237. The molecule has 0 aliphatic heterocycles. The molecule has 2 amide bonds. The predicted octanol–water partition coefficient (Wildman–Crippen LogP) is 4.62. The number of halogens is 1. The van der Waals surface area contributed by atoms with Crippen LogP contribution < -0.4 is 14.4 Å². The Morgan fingerprint density at radius 2 is 1.76 bits per heavy atom. The molecule has 0 aliphatic carbocycles. The Morgan fingerprint density at radius 1 is 1.11 bits per heavy atom. The highest BCUT2D eigenvalue weighted by atomic mass is 35.5. The number of nitrogens with one attached hydrogen (secondary N) is 1. The summed E-state index contributed by atoms with van der Waals surface area (Å²) in [5, 5.41) is 3.40. The largest absolute Gasteiger partial charge is 0.497 e. The van der Waals surface area contributed by atoms with E-state index in [1.54, 1.807) is 36.3 Å². The molecule has 2 rings (SSSR count). The van der Waals surface area contributed by atoms with E-state index in [-0.39, 0.29) is 37.7 Å². The number of amides is 2. The number of rotatable bonds is 12. The minimum atomic E-state index is -3.59. The van der Waals surface area contributed by atoms with E-state index < -0.39 is 21.6 Å². The lowest BCUT2D eigenvalue weighted by Crippen LogP contribution is -2.53. The van der Waals surface area contributed by atoms with Crippen LogP contribution in [0.5, 0.6) is 5.75 Å². The zero-order valence-electron chi connectivity index (χ0n) is 22.5. The lowest BCUT2D eigenvalue weighted by atomic mass is 10.0. The van der Waals surface area contributed by atoms with Gasteiger partial charge in [0.2, 0.25) is 21.8 Å². The molecule has 0 aliphatic rings. The van der Waals surface area contributed by atoms with Crippen LogP contribution in [0.1, 0.15) is 52.5 Å². The third-order valence-electron chi connectivity index (χ3n) is 5.64. The molecule has 0 radical (unpaired) electrons. The molecular weight excluding hydrogens is 514 g/mol. The summed E-state index contributed by atoms with van der Waals surface area (Å²) in [6, 6.07) is 13.2. The highest BCUT2D eigenvalue weighted by Gasteiger charge is 2.30. The predicted molar refractivity (Wildman–Crippen MR) is 148 cm³/mol. The molecular formula is C27H38ClN3O5S. The van der Waals surface area contributed by atoms with Crippen LogP contribution in [0.2, 0.25) is 5.02 Å². The maximum Gasteiger partial charge on any atom is 0.243 e. The van der Waals surface area contributed by atoms with Gasteiger partial charge in [0.25, 0.3) is 0 Å². The third kappa shape index (κ3) is 9.55. The first-order valence-electron chi connectivity index (χ1n) is 12.2. The van der Waals surface area contributed by atoms with Crippen LogP contribution >= 0.6 is 11.6 Å². The van der Waals surface area contributed by atoms with Gasteiger partial charge >= 0.3 is 0 Å². The van der Waals surface area contributed by atoms with Crippen molar-refractivity contribution >= 4 is 39.1 Å². The van der Waals surface area contributed by atoms with E-state index in [0.717, 1.165) is 11.8 Å². The van der Waals surface area contributed by atoms with Crippen molar-refractivity contribution in [1.29, 1.82) is 0 Å². The van der Waals surface area contributed by atoms with Crippen LogP contribution in [-0.4, -0.2) is 56.6 Å². The van der Waals surface area contributed by atoms with Gasteiger partial charge in [-0.05, 0) is 69.5 Å². The van der Waals surface area contributed by atoms with Crippen molar-refractivity contribution in [2.45, 2.75) is 65.1 Å². The van der Waals surface area contributed by atoms with Gasteiger partial charge in [-0.15, -0.1) is 0 Å². The molecule has 0 bridgehead atoms. The molecule has 10 heteroatoms. The van der Waals surface area contributed by atoms with Gasteiger partial charge in [0.1, 0.15) is 11.8 Å². The van der Waals surface area contributed by atoms with Gasteiger partial charge < -0.3 is 15.0 Å². The van der Waals surface area contributed by atoms with Crippen LogP contribution in [0.15, 0.2) is 48.5 Å². The van der Waals surface area contributed by atoms with E-state index in [2.05, 4.69) is 5.32 Å². The van der Waals surface area contributed by atoms with Crippen molar-refractivity contribution in [3.05, 3.63) is 59.1 Å². The van der Waals surface area contributed by atoms with Crippen molar-refractivity contribution in [2.24, 2.45) is 0 Å². The number of benzene rings is 2. The zero-order valence-corrected chi connectivity index (χ0v) is 24.0. The van der Waals surface area contributed by atoms with Crippen LogP contribution in [-0.2, 0) is 26.2 Å². The SMILES string of the molecule is CC[C@@H](C(=O)NC(C)(C)C)N(Cc1ccc(OC)cc1)C(=O)CCCN(c1cccc(Cl)c1)S(C)(=O)=O. The number of carbonyl (C=O) groups excluding carboxylic acids is 2. The van der Waals surface area contributed by atoms with Gasteiger partial charge in [-0.1, -0.05) is 36.7 Å². The molecule has 8 nitrogen and oxygen atoms in total. The van der Waals surface area contributed by atoms with Gasteiger partial charge in [0.15, 0.2) is 0 Å². The number of anilines is 1. The van der Waals surface area contributed by atoms with Gasteiger partial charge in [-0.3, -0.25) is 13.9 Å². The Morgan fingerprint density at radius 3 is 2.27 bits per heavy atom. The van der Waals surface area contributed by atoms with Crippen molar-refractivity contribution in [3.8, 4) is 5.75 Å². The molecule has 0 aromatic heterocycles. The lowest BCUT2D eigenvalue weighted by Gasteiger charge is -2.33. The highest BCUT2D eigenvalue weighted by Crippen LogP contribution is 2.23. The number of carbonyl (C=O) groups is 2. The molecule has 2 aromatic rings. The normalized spacial score (nSPS) is 12.5. The molecule has 0 unspecified atom stereocenters. The minimum absolute atomic E-state index is 0.0715. The molecule has 0 spiro atoms. The Labute approximate surface area is 226 Å². The third-order valence-corrected chi connectivity index (χ3v) is 7.07. The second-order valence-electron chi connectivity index (χ2n) is 9.95. The van der Waals surface area contributed by atoms with Crippen molar-refractivity contribution < 1.29 is 22.7 Å². The molecule has 37 heavy (non-hydrogen) atoms. The Hall–Kier alpha value is -2.78. The smallest absolute Gasteiger partial charge is 0.243 e. The number of hydrogen-bond donors (Lipinski definition) is 1. The lowest BCUT2D eigenvalue weighted by molar-refractivity contribution is -0.142. The van der Waals surface area contributed by atoms with Crippen LogP contribution in [0.4, 0.5) is 5.69 Å².